The van der Waals surface area contributed by atoms with Gasteiger partial charge in [-0.2, -0.15) is 0 Å². The van der Waals surface area contributed by atoms with Crippen LogP contribution in [0.2, 0.25) is 0 Å². The Balaban J connectivity index is 1.58. The fourth-order valence-electron chi connectivity index (χ4n) is 3.54. The number of fused-ring (bicyclic) bond motifs is 1. The molecule has 1 N–H and O–H groups in total. The first-order valence-corrected chi connectivity index (χ1v) is 7.74. The van der Waals surface area contributed by atoms with E-state index in [0.29, 0.717) is 12.1 Å². The zero-order chi connectivity index (χ0) is 13.2. The van der Waals surface area contributed by atoms with Gasteiger partial charge in [-0.1, -0.05) is 31.0 Å². The first-order chi connectivity index (χ1) is 9.24. The van der Waals surface area contributed by atoms with Crippen molar-refractivity contribution in [1.29, 1.82) is 0 Å². The summed E-state index contributed by atoms with van der Waals surface area (Å²) >= 11 is 0. The topological polar surface area (TPSA) is 21.3 Å². The van der Waals surface area contributed by atoms with Crippen LogP contribution in [0.4, 0.5) is 0 Å². The molecule has 0 spiro atoms. The number of piperidine rings is 1. The molecule has 0 saturated carbocycles. The predicted molar refractivity (Wildman–Crippen MR) is 78.7 cm³/mol. The van der Waals surface area contributed by atoms with E-state index in [1.54, 1.807) is 0 Å². The zero-order valence-electron chi connectivity index (χ0n) is 12.1. The number of aryl methyl sites for hydroxylation is 1. The standard InChI is InChI=1S/C17H25NO/c1-3-13-6-7-18-15(9-13)11-16-10-14-8-12(2)4-5-17(14)19-16/h4-5,8,13,15-16,18H,3,6-7,9-11H2,1-2H3. The number of nitrogens with one attached hydrogen (secondary N) is 1. The smallest absolute Gasteiger partial charge is 0.123 e. The third kappa shape index (κ3) is 2.94. The Labute approximate surface area is 116 Å². The molecular weight excluding hydrogens is 234 g/mol. The summed E-state index contributed by atoms with van der Waals surface area (Å²) in [5.74, 6) is 2.02. The van der Waals surface area contributed by atoms with E-state index in [4.69, 9.17) is 4.74 Å². The first kappa shape index (κ1) is 13.0. The molecule has 0 amide bonds. The molecule has 0 aliphatic carbocycles. The Morgan fingerprint density at radius 3 is 3.11 bits per heavy atom. The predicted octanol–water partition coefficient (Wildman–Crippen LogP) is 3.47. The van der Waals surface area contributed by atoms with E-state index in [1.807, 2.05) is 0 Å². The summed E-state index contributed by atoms with van der Waals surface area (Å²) in [6.07, 6.45) is 6.62. The molecule has 0 bridgehead atoms. The summed E-state index contributed by atoms with van der Waals surface area (Å²) < 4.78 is 6.09. The Hall–Kier alpha value is -1.02. The molecule has 3 rings (SSSR count). The molecule has 1 aromatic carbocycles. The second-order valence-corrected chi connectivity index (χ2v) is 6.24. The lowest BCUT2D eigenvalue weighted by Crippen LogP contribution is -2.40. The van der Waals surface area contributed by atoms with Crippen molar-refractivity contribution in [3.63, 3.8) is 0 Å². The van der Waals surface area contributed by atoms with Gasteiger partial charge in [0.25, 0.3) is 0 Å². The Bertz CT molecular complexity index is 443. The summed E-state index contributed by atoms with van der Waals surface area (Å²) in [6, 6.07) is 7.21. The average molecular weight is 259 g/mol. The molecule has 2 heteroatoms. The van der Waals surface area contributed by atoms with Gasteiger partial charge in [0.2, 0.25) is 0 Å². The number of ether oxygens (including phenoxy) is 1. The monoisotopic (exact) mass is 259 g/mol. The quantitative estimate of drug-likeness (QED) is 0.897. The van der Waals surface area contributed by atoms with Crippen LogP contribution in [-0.4, -0.2) is 18.7 Å². The number of rotatable bonds is 3. The Morgan fingerprint density at radius 1 is 1.37 bits per heavy atom. The van der Waals surface area contributed by atoms with Gasteiger partial charge in [-0.15, -0.1) is 0 Å². The molecule has 3 atom stereocenters. The highest BCUT2D eigenvalue weighted by Crippen LogP contribution is 2.32. The lowest BCUT2D eigenvalue weighted by atomic mass is 9.87. The highest BCUT2D eigenvalue weighted by molar-refractivity contribution is 5.40. The van der Waals surface area contributed by atoms with Gasteiger partial charge in [0.1, 0.15) is 11.9 Å². The third-order valence-corrected chi connectivity index (χ3v) is 4.69. The van der Waals surface area contributed by atoms with Crippen LogP contribution in [0, 0.1) is 12.8 Å². The molecule has 2 nitrogen and oxygen atoms in total. The summed E-state index contributed by atoms with van der Waals surface area (Å²) in [5, 5.41) is 3.67. The van der Waals surface area contributed by atoms with Crippen LogP contribution >= 0.6 is 0 Å². The fourth-order valence-corrected chi connectivity index (χ4v) is 3.54. The Kier molecular flexibility index (Phi) is 3.79. The zero-order valence-corrected chi connectivity index (χ0v) is 12.1. The van der Waals surface area contributed by atoms with Crippen LogP contribution in [-0.2, 0) is 6.42 Å². The minimum atomic E-state index is 0.380. The first-order valence-electron chi connectivity index (χ1n) is 7.74. The lowest BCUT2D eigenvalue weighted by molar-refractivity contribution is 0.177. The van der Waals surface area contributed by atoms with E-state index in [-0.39, 0.29) is 0 Å². The van der Waals surface area contributed by atoms with Crippen molar-refractivity contribution in [3.05, 3.63) is 29.3 Å². The highest BCUT2D eigenvalue weighted by Gasteiger charge is 2.28. The molecule has 19 heavy (non-hydrogen) atoms. The van der Waals surface area contributed by atoms with E-state index in [0.717, 1.165) is 24.5 Å². The molecule has 2 aliphatic heterocycles. The third-order valence-electron chi connectivity index (χ3n) is 4.69. The minimum Gasteiger partial charge on any atom is -0.490 e. The molecule has 1 saturated heterocycles. The van der Waals surface area contributed by atoms with Crippen LogP contribution in [0.3, 0.4) is 0 Å². The summed E-state index contributed by atoms with van der Waals surface area (Å²) in [7, 11) is 0. The van der Waals surface area contributed by atoms with E-state index in [1.165, 1.54) is 36.9 Å². The second-order valence-electron chi connectivity index (χ2n) is 6.24. The van der Waals surface area contributed by atoms with Crippen LogP contribution in [0.1, 0.15) is 43.7 Å². The van der Waals surface area contributed by atoms with Gasteiger partial charge in [0.15, 0.2) is 0 Å². The fraction of sp³-hybridized carbons (Fsp3) is 0.647. The normalized spacial score (nSPS) is 29.9. The minimum absolute atomic E-state index is 0.380. The number of benzene rings is 1. The maximum atomic E-state index is 6.09. The molecule has 0 aromatic heterocycles. The van der Waals surface area contributed by atoms with Gasteiger partial charge in [0, 0.05) is 12.5 Å². The second kappa shape index (κ2) is 5.54. The van der Waals surface area contributed by atoms with Crippen molar-refractivity contribution >= 4 is 0 Å². The SMILES string of the molecule is CCC1CCNC(CC2Cc3cc(C)ccc3O2)C1. The van der Waals surface area contributed by atoms with Crippen molar-refractivity contribution < 1.29 is 4.74 Å². The van der Waals surface area contributed by atoms with Crippen LogP contribution in [0.5, 0.6) is 5.75 Å². The van der Waals surface area contributed by atoms with Gasteiger partial charge < -0.3 is 10.1 Å². The van der Waals surface area contributed by atoms with Gasteiger partial charge in [-0.3, -0.25) is 0 Å². The number of hydrogen-bond donors (Lipinski definition) is 1. The largest absolute Gasteiger partial charge is 0.490 e. The molecule has 2 aliphatic rings. The van der Waals surface area contributed by atoms with E-state index < -0.39 is 0 Å². The average Bonchev–Trinajstić information content (AvgIpc) is 2.80. The van der Waals surface area contributed by atoms with Crippen LogP contribution in [0.15, 0.2) is 18.2 Å². The van der Waals surface area contributed by atoms with Crippen molar-refractivity contribution in [1.82, 2.24) is 5.32 Å². The molecule has 1 aromatic rings. The maximum Gasteiger partial charge on any atom is 0.123 e. The summed E-state index contributed by atoms with van der Waals surface area (Å²) in [4.78, 5) is 0. The van der Waals surface area contributed by atoms with E-state index >= 15 is 0 Å². The Morgan fingerprint density at radius 2 is 2.26 bits per heavy atom. The van der Waals surface area contributed by atoms with E-state index in [2.05, 4.69) is 37.4 Å². The van der Waals surface area contributed by atoms with Gasteiger partial charge in [-0.05, 0) is 50.3 Å². The summed E-state index contributed by atoms with van der Waals surface area (Å²) in [5.41, 5.74) is 2.73. The molecule has 0 radical (unpaired) electrons. The highest BCUT2D eigenvalue weighted by atomic mass is 16.5. The van der Waals surface area contributed by atoms with Crippen LogP contribution < -0.4 is 10.1 Å². The van der Waals surface area contributed by atoms with Gasteiger partial charge >= 0.3 is 0 Å². The molecule has 2 heterocycles. The van der Waals surface area contributed by atoms with Crippen molar-refractivity contribution in [2.75, 3.05) is 6.54 Å². The van der Waals surface area contributed by atoms with Gasteiger partial charge in [0.05, 0.1) is 0 Å². The molecule has 1 fully saturated rings. The maximum absolute atomic E-state index is 6.09. The van der Waals surface area contributed by atoms with E-state index in [9.17, 15) is 0 Å². The van der Waals surface area contributed by atoms with Crippen molar-refractivity contribution in [2.24, 2.45) is 5.92 Å². The van der Waals surface area contributed by atoms with Crippen molar-refractivity contribution in [2.45, 2.75) is 58.1 Å². The molecule has 3 unspecified atom stereocenters. The van der Waals surface area contributed by atoms with Crippen molar-refractivity contribution in [3.8, 4) is 5.75 Å². The van der Waals surface area contributed by atoms with Gasteiger partial charge in [-0.25, -0.2) is 0 Å². The van der Waals surface area contributed by atoms with Crippen LogP contribution in [0.25, 0.3) is 0 Å². The lowest BCUT2D eigenvalue weighted by Gasteiger charge is -2.31. The molecular formula is C17H25NO. The number of hydrogen-bond acceptors (Lipinski definition) is 2. The molecule has 104 valence electrons. The summed E-state index contributed by atoms with van der Waals surface area (Å²) in [6.45, 7) is 5.65.